The number of hydrogen-bond acceptors (Lipinski definition) is 2. The molecule has 0 radical (unpaired) electrons. The minimum atomic E-state index is 0.0133. The summed E-state index contributed by atoms with van der Waals surface area (Å²) in [7, 11) is 0. The molecular formula is C12H16N2. The van der Waals surface area contributed by atoms with Crippen molar-refractivity contribution in [2.45, 2.75) is 38.5 Å². The molecule has 2 nitrogen and oxygen atoms in total. The van der Waals surface area contributed by atoms with E-state index in [9.17, 15) is 0 Å². The Hall–Kier alpha value is -1.02. The highest BCUT2D eigenvalue weighted by atomic mass is 14.4. The Morgan fingerprint density at radius 1 is 0.786 bits per heavy atom. The quantitative estimate of drug-likeness (QED) is 0.586. The second kappa shape index (κ2) is 4.01. The Kier molecular flexibility index (Phi) is 2.73. The summed E-state index contributed by atoms with van der Waals surface area (Å²) in [5, 5.41) is 18.0. The van der Waals surface area contributed by atoms with Gasteiger partial charge in [0.1, 0.15) is 0 Å². The van der Waals surface area contributed by atoms with Crippen molar-refractivity contribution in [3.05, 3.63) is 0 Å². The van der Waals surface area contributed by atoms with Crippen molar-refractivity contribution in [3.8, 4) is 12.1 Å². The Balaban J connectivity index is 2.07. The van der Waals surface area contributed by atoms with Crippen LogP contribution in [0.4, 0.5) is 0 Å². The molecule has 0 spiro atoms. The summed E-state index contributed by atoms with van der Waals surface area (Å²) in [5.74, 6) is 1.52. The zero-order chi connectivity index (χ0) is 9.97. The van der Waals surface area contributed by atoms with Crippen LogP contribution in [-0.2, 0) is 0 Å². The molecule has 74 valence electrons. The van der Waals surface area contributed by atoms with Gasteiger partial charge in [0.15, 0.2) is 0 Å². The van der Waals surface area contributed by atoms with Gasteiger partial charge in [-0.15, -0.1) is 0 Å². The van der Waals surface area contributed by atoms with Crippen LogP contribution in [0.2, 0.25) is 0 Å². The predicted octanol–water partition coefficient (Wildman–Crippen LogP) is 2.87. The average Bonchev–Trinajstić information content (AvgIpc) is 2.27. The van der Waals surface area contributed by atoms with Gasteiger partial charge in [-0.05, 0) is 24.7 Å². The maximum atomic E-state index is 8.98. The predicted molar refractivity (Wildman–Crippen MR) is 52.9 cm³/mol. The van der Waals surface area contributed by atoms with Gasteiger partial charge < -0.3 is 0 Å². The number of fused-ring (bicyclic) bond motifs is 1. The summed E-state index contributed by atoms with van der Waals surface area (Å²) in [4.78, 5) is 0. The molecule has 2 fully saturated rings. The molecule has 0 aliphatic heterocycles. The van der Waals surface area contributed by atoms with Crippen molar-refractivity contribution in [1.29, 1.82) is 10.5 Å². The van der Waals surface area contributed by atoms with Crippen LogP contribution in [0, 0.1) is 46.3 Å². The average molecular weight is 188 g/mol. The van der Waals surface area contributed by atoms with E-state index in [1.165, 1.54) is 25.7 Å². The highest BCUT2D eigenvalue weighted by Gasteiger charge is 2.38. The lowest BCUT2D eigenvalue weighted by Crippen LogP contribution is -2.32. The summed E-state index contributed by atoms with van der Waals surface area (Å²) in [6.07, 6.45) is 7.22. The van der Waals surface area contributed by atoms with Gasteiger partial charge in [-0.3, -0.25) is 0 Å². The third kappa shape index (κ3) is 1.62. The fraction of sp³-hybridized carbons (Fsp3) is 0.833. The van der Waals surface area contributed by atoms with E-state index >= 15 is 0 Å². The summed E-state index contributed by atoms with van der Waals surface area (Å²) < 4.78 is 0. The first-order valence-electron chi connectivity index (χ1n) is 5.64. The summed E-state index contributed by atoms with van der Waals surface area (Å²) in [5.41, 5.74) is 0. The number of rotatable bonds is 0. The van der Waals surface area contributed by atoms with E-state index < -0.39 is 0 Å². The van der Waals surface area contributed by atoms with Crippen molar-refractivity contribution in [2.24, 2.45) is 23.7 Å². The van der Waals surface area contributed by atoms with E-state index in [-0.39, 0.29) is 11.8 Å². The molecule has 0 bridgehead atoms. The highest BCUT2D eigenvalue weighted by molar-refractivity contribution is 5.04. The first-order valence-corrected chi connectivity index (χ1v) is 5.64. The number of nitrogens with zero attached hydrogens (tertiary/aromatic N) is 2. The van der Waals surface area contributed by atoms with E-state index in [0.717, 1.165) is 24.7 Å². The molecule has 2 aliphatic carbocycles. The van der Waals surface area contributed by atoms with Gasteiger partial charge in [-0.25, -0.2) is 0 Å². The van der Waals surface area contributed by atoms with E-state index in [2.05, 4.69) is 12.1 Å². The van der Waals surface area contributed by atoms with E-state index in [1.807, 2.05) is 0 Å². The molecule has 4 unspecified atom stereocenters. The first-order chi connectivity index (χ1) is 6.85. The monoisotopic (exact) mass is 188 g/mol. The Morgan fingerprint density at radius 3 is 1.57 bits per heavy atom. The van der Waals surface area contributed by atoms with Crippen molar-refractivity contribution < 1.29 is 0 Å². The van der Waals surface area contributed by atoms with Crippen LogP contribution >= 0.6 is 0 Å². The minimum Gasteiger partial charge on any atom is -0.198 e. The zero-order valence-electron chi connectivity index (χ0n) is 8.45. The van der Waals surface area contributed by atoms with Crippen molar-refractivity contribution >= 4 is 0 Å². The Bertz CT molecular complexity index is 254. The molecule has 0 heterocycles. The minimum absolute atomic E-state index is 0.0133. The van der Waals surface area contributed by atoms with Gasteiger partial charge in [-0.1, -0.05) is 25.7 Å². The van der Waals surface area contributed by atoms with Gasteiger partial charge in [-0.2, -0.15) is 10.5 Å². The third-order valence-corrected chi connectivity index (χ3v) is 4.00. The molecular weight excluding hydrogens is 172 g/mol. The lowest BCUT2D eigenvalue weighted by molar-refractivity contribution is 0.123. The molecule has 0 aromatic carbocycles. The molecule has 2 saturated carbocycles. The molecule has 0 aromatic rings. The standard InChI is InChI=1S/C12H16N2/c13-7-11-5-9-3-1-2-4-10(9)6-12(11)8-14/h9-12H,1-6H2. The van der Waals surface area contributed by atoms with E-state index in [1.54, 1.807) is 0 Å². The Morgan fingerprint density at radius 2 is 1.21 bits per heavy atom. The molecule has 0 N–H and O–H groups in total. The van der Waals surface area contributed by atoms with Gasteiger partial charge >= 0.3 is 0 Å². The molecule has 2 rings (SSSR count). The maximum Gasteiger partial charge on any atom is 0.0669 e. The topological polar surface area (TPSA) is 47.6 Å². The van der Waals surface area contributed by atoms with Crippen LogP contribution < -0.4 is 0 Å². The normalized spacial score (nSPS) is 41.9. The van der Waals surface area contributed by atoms with Crippen molar-refractivity contribution in [3.63, 3.8) is 0 Å². The summed E-state index contributed by atoms with van der Waals surface area (Å²) in [6, 6.07) is 4.63. The summed E-state index contributed by atoms with van der Waals surface area (Å²) >= 11 is 0. The van der Waals surface area contributed by atoms with Crippen molar-refractivity contribution in [1.82, 2.24) is 0 Å². The zero-order valence-corrected chi connectivity index (χ0v) is 8.45. The lowest BCUT2D eigenvalue weighted by Gasteiger charge is -2.39. The van der Waals surface area contributed by atoms with Crippen LogP contribution in [0.3, 0.4) is 0 Å². The van der Waals surface area contributed by atoms with E-state index in [0.29, 0.717) is 0 Å². The van der Waals surface area contributed by atoms with Crippen LogP contribution in [0.5, 0.6) is 0 Å². The smallest absolute Gasteiger partial charge is 0.0669 e. The van der Waals surface area contributed by atoms with Crippen LogP contribution in [0.25, 0.3) is 0 Å². The second-order valence-corrected chi connectivity index (χ2v) is 4.75. The Labute approximate surface area is 85.5 Å². The largest absolute Gasteiger partial charge is 0.198 e. The second-order valence-electron chi connectivity index (χ2n) is 4.75. The van der Waals surface area contributed by atoms with Crippen LogP contribution in [0.15, 0.2) is 0 Å². The fourth-order valence-electron chi connectivity index (χ4n) is 3.17. The van der Waals surface area contributed by atoms with Gasteiger partial charge in [0.05, 0.1) is 24.0 Å². The molecule has 0 saturated heterocycles. The molecule has 0 amide bonds. The lowest BCUT2D eigenvalue weighted by atomic mass is 9.64. The van der Waals surface area contributed by atoms with Gasteiger partial charge in [0.25, 0.3) is 0 Å². The fourth-order valence-corrected chi connectivity index (χ4v) is 3.17. The molecule has 0 aromatic heterocycles. The van der Waals surface area contributed by atoms with Crippen LogP contribution in [0.1, 0.15) is 38.5 Å². The molecule has 4 atom stereocenters. The van der Waals surface area contributed by atoms with Gasteiger partial charge in [0.2, 0.25) is 0 Å². The molecule has 2 aliphatic rings. The molecule has 14 heavy (non-hydrogen) atoms. The maximum absolute atomic E-state index is 8.98. The SMILES string of the molecule is N#CC1CC2CCCCC2CC1C#N. The van der Waals surface area contributed by atoms with Crippen LogP contribution in [-0.4, -0.2) is 0 Å². The van der Waals surface area contributed by atoms with E-state index in [4.69, 9.17) is 10.5 Å². The number of hydrogen-bond donors (Lipinski definition) is 0. The highest BCUT2D eigenvalue weighted by Crippen LogP contribution is 2.44. The van der Waals surface area contributed by atoms with Gasteiger partial charge in [0, 0.05) is 0 Å². The van der Waals surface area contributed by atoms with Crippen molar-refractivity contribution in [2.75, 3.05) is 0 Å². The molecule has 2 heteroatoms. The third-order valence-electron chi connectivity index (χ3n) is 4.00. The first kappa shape index (κ1) is 9.53. The summed E-state index contributed by atoms with van der Waals surface area (Å²) in [6.45, 7) is 0. The number of nitriles is 2.